The molecule has 1 heterocycles. The Kier molecular flexibility index (Phi) is 6.07. The Hall–Kier alpha value is -1.24. The molecule has 0 bridgehead atoms. The molecule has 6 nitrogen and oxygen atoms in total. The number of carbonyl (C=O) groups is 3. The van der Waals surface area contributed by atoms with Gasteiger partial charge in [0.25, 0.3) is 0 Å². The molecule has 0 aliphatic carbocycles. The summed E-state index contributed by atoms with van der Waals surface area (Å²) in [6, 6.07) is -0.800. The SMILES string of the molecule is CCCC1SCC(C(=O)O)N1C(=O)CNC(=O)C(C)(C)C. The maximum Gasteiger partial charge on any atom is 0.327 e. The number of thioether (sulfide) groups is 1. The molecule has 0 radical (unpaired) electrons. The number of nitrogens with zero attached hydrogens (tertiary/aromatic N) is 1. The molecule has 0 spiro atoms. The summed E-state index contributed by atoms with van der Waals surface area (Å²) in [7, 11) is 0. The van der Waals surface area contributed by atoms with E-state index >= 15 is 0 Å². The number of nitrogens with one attached hydrogen (secondary N) is 1. The Morgan fingerprint density at radius 3 is 2.43 bits per heavy atom. The zero-order valence-electron chi connectivity index (χ0n) is 13.0. The summed E-state index contributed by atoms with van der Waals surface area (Å²) in [6.45, 7) is 7.13. The lowest BCUT2D eigenvalue weighted by molar-refractivity contribution is -0.149. The molecule has 2 amide bonds. The molecule has 120 valence electrons. The molecule has 2 N–H and O–H groups in total. The zero-order chi connectivity index (χ0) is 16.2. The maximum absolute atomic E-state index is 12.3. The topological polar surface area (TPSA) is 86.7 Å². The molecule has 2 atom stereocenters. The average Bonchev–Trinajstić information content (AvgIpc) is 2.78. The van der Waals surface area contributed by atoms with E-state index in [0.29, 0.717) is 5.75 Å². The average molecular weight is 316 g/mol. The summed E-state index contributed by atoms with van der Waals surface area (Å²) in [5.74, 6) is -1.14. The highest BCUT2D eigenvalue weighted by molar-refractivity contribution is 8.00. The molecule has 1 fully saturated rings. The molecule has 0 saturated carbocycles. The van der Waals surface area contributed by atoms with Crippen LogP contribution in [0.2, 0.25) is 0 Å². The van der Waals surface area contributed by atoms with Gasteiger partial charge in [0.05, 0.1) is 11.9 Å². The lowest BCUT2D eigenvalue weighted by Crippen LogP contribution is -2.50. The van der Waals surface area contributed by atoms with E-state index in [0.717, 1.165) is 12.8 Å². The van der Waals surface area contributed by atoms with E-state index in [9.17, 15) is 19.5 Å². The largest absolute Gasteiger partial charge is 0.480 e. The van der Waals surface area contributed by atoms with Crippen molar-refractivity contribution in [2.45, 2.75) is 52.0 Å². The van der Waals surface area contributed by atoms with Crippen molar-refractivity contribution in [3.05, 3.63) is 0 Å². The lowest BCUT2D eigenvalue weighted by Gasteiger charge is -2.28. The van der Waals surface area contributed by atoms with Crippen LogP contribution in [0.3, 0.4) is 0 Å². The summed E-state index contributed by atoms with van der Waals surface area (Å²) < 4.78 is 0. The number of amides is 2. The molecular weight excluding hydrogens is 292 g/mol. The normalized spacial score (nSPS) is 22.2. The van der Waals surface area contributed by atoms with Crippen LogP contribution in [0.4, 0.5) is 0 Å². The van der Waals surface area contributed by atoms with Gasteiger partial charge in [-0.3, -0.25) is 9.59 Å². The molecular formula is C14H24N2O4S. The van der Waals surface area contributed by atoms with E-state index in [2.05, 4.69) is 5.32 Å². The van der Waals surface area contributed by atoms with E-state index in [1.165, 1.54) is 16.7 Å². The molecule has 21 heavy (non-hydrogen) atoms. The molecule has 1 aliphatic heterocycles. The van der Waals surface area contributed by atoms with Crippen molar-refractivity contribution in [2.24, 2.45) is 5.41 Å². The molecule has 2 unspecified atom stereocenters. The Morgan fingerprint density at radius 2 is 1.95 bits per heavy atom. The van der Waals surface area contributed by atoms with Crippen LogP contribution >= 0.6 is 11.8 Å². The van der Waals surface area contributed by atoms with Crippen molar-refractivity contribution in [3.63, 3.8) is 0 Å². The van der Waals surface area contributed by atoms with Crippen LogP contribution in [-0.4, -0.2) is 51.5 Å². The first-order valence-electron chi connectivity index (χ1n) is 7.12. The van der Waals surface area contributed by atoms with Gasteiger partial charge in [0.2, 0.25) is 11.8 Å². The van der Waals surface area contributed by atoms with Crippen LogP contribution in [0.1, 0.15) is 40.5 Å². The minimum Gasteiger partial charge on any atom is -0.480 e. The minimum atomic E-state index is -0.989. The fourth-order valence-corrected chi connectivity index (χ4v) is 3.61. The number of carbonyl (C=O) groups excluding carboxylic acids is 2. The highest BCUT2D eigenvalue weighted by Gasteiger charge is 2.41. The Bertz CT molecular complexity index is 420. The van der Waals surface area contributed by atoms with Gasteiger partial charge in [-0.2, -0.15) is 0 Å². The van der Waals surface area contributed by atoms with Crippen LogP contribution in [0.25, 0.3) is 0 Å². The number of hydrogen-bond acceptors (Lipinski definition) is 4. The Labute approximate surface area is 129 Å². The maximum atomic E-state index is 12.3. The predicted molar refractivity (Wildman–Crippen MR) is 81.9 cm³/mol. The van der Waals surface area contributed by atoms with E-state index in [4.69, 9.17) is 0 Å². The highest BCUT2D eigenvalue weighted by Crippen LogP contribution is 2.32. The highest BCUT2D eigenvalue weighted by atomic mass is 32.2. The van der Waals surface area contributed by atoms with Gasteiger partial charge in [0.1, 0.15) is 6.04 Å². The van der Waals surface area contributed by atoms with Gasteiger partial charge < -0.3 is 15.3 Å². The van der Waals surface area contributed by atoms with E-state index in [-0.39, 0.29) is 23.7 Å². The van der Waals surface area contributed by atoms with Gasteiger partial charge in [0.15, 0.2) is 0 Å². The smallest absolute Gasteiger partial charge is 0.327 e. The molecule has 0 aromatic carbocycles. The predicted octanol–water partition coefficient (Wildman–Crippen LogP) is 1.30. The third kappa shape index (κ3) is 4.62. The molecule has 1 rings (SSSR count). The van der Waals surface area contributed by atoms with E-state index in [1.807, 2.05) is 6.92 Å². The number of carboxylic acid groups (broad SMARTS) is 1. The van der Waals surface area contributed by atoms with Crippen LogP contribution in [0.5, 0.6) is 0 Å². The number of aliphatic carboxylic acids is 1. The quantitative estimate of drug-likeness (QED) is 0.798. The van der Waals surface area contributed by atoms with Crippen LogP contribution in [0, 0.1) is 5.41 Å². The molecule has 0 aromatic heterocycles. The van der Waals surface area contributed by atoms with Crippen molar-refractivity contribution in [1.29, 1.82) is 0 Å². The minimum absolute atomic E-state index is 0.116. The first kappa shape index (κ1) is 17.8. The van der Waals surface area contributed by atoms with Crippen molar-refractivity contribution in [1.82, 2.24) is 10.2 Å². The monoisotopic (exact) mass is 316 g/mol. The summed E-state index contributed by atoms with van der Waals surface area (Å²) in [5.41, 5.74) is -0.574. The molecule has 0 aromatic rings. The summed E-state index contributed by atoms with van der Waals surface area (Å²) in [6.07, 6.45) is 1.63. The number of hydrogen-bond donors (Lipinski definition) is 2. The number of carboxylic acids is 1. The lowest BCUT2D eigenvalue weighted by atomic mass is 9.96. The third-order valence-electron chi connectivity index (χ3n) is 3.28. The Balaban J connectivity index is 2.71. The second-order valence-electron chi connectivity index (χ2n) is 6.16. The third-order valence-corrected chi connectivity index (χ3v) is 4.64. The van der Waals surface area contributed by atoms with E-state index < -0.39 is 17.4 Å². The van der Waals surface area contributed by atoms with E-state index in [1.54, 1.807) is 20.8 Å². The van der Waals surface area contributed by atoms with Crippen molar-refractivity contribution < 1.29 is 19.5 Å². The fourth-order valence-electron chi connectivity index (χ4n) is 2.07. The standard InChI is InChI=1S/C14H24N2O4S/c1-5-6-11-16(9(8-21-11)12(18)19)10(17)7-15-13(20)14(2,3)4/h9,11H,5-8H2,1-4H3,(H,15,20)(H,18,19). The fraction of sp³-hybridized carbons (Fsp3) is 0.786. The van der Waals surface area contributed by atoms with Gasteiger partial charge in [-0.05, 0) is 6.42 Å². The van der Waals surface area contributed by atoms with Gasteiger partial charge in [-0.1, -0.05) is 34.1 Å². The second-order valence-corrected chi connectivity index (χ2v) is 7.38. The second kappa shape index (κ2) is 7.15. The first-order chi connectivity index (χ1) is 9.68. The summed E-state index contributed by atoms with van der Waals surface area (Å²) in [5, 5.41) is 11.7. The van der Waals surface area contributed by atoms with Gasteiger partial charge in [-0.25, -0.2) is 4.79 Å². The first-order valence-corrected chi connectivity index (χ1v) is 8.17. The summed E-state index contributed by atoms with van der Waals surface area (Å²) in [4.78, 5) is 36.8. The van der Waals surface area contributed by atoms with Gasteiger partial charge >= 0.3 is 5.97 Å². The molecule has 1 saturated heterocycles. The van der Waals surface area contributed by atoms with Crippen molar-refractivity contribution in [2.75, 3.05) is 12.3 Å². The zero-order valence-corrected chi connectivity index (χ0v) is 13.8. The van der Waals surface area contributed by atoms with Crippen molar-refractivity contribution >= 4 is 29.5 Å². The Morgan fingerprint density at radius 1 is 1.33 bits per heavy atom. The summed E-state index contributed by atoms with van der Waals surface area (Å²) >= 11 is 1.49. The molecule has 7 heteroatoms. The number of rotatable bonds is 5. The molecule has 1 aliphatic rings. The van der Waals surface area contributed by atoms with Crippen LogP contribution in [0.15, 0.2) is 0 Å². The van der Waals surface area contributed by atoms with Gasteiger partial charge in [-0.15, -0.1) is 11.8 Å². The van der Waals surface area contributed by atoms with Crippen LogP contribution < -0.4 is 5.32 Å². The van der Waals surface area contributed by atoms with Crippen LogP contribution in [-0.2, 0) is 14.4 Å². The van der Waals surface area contributed by atoms with Crippen molar-refractivity contribution in [3.8, 4) is 0 Å². The van der Waals surface area contributed by atoms with Gasteiger partial charge in [0, 0.05) is 11.2 Å².